The fraction of sp³-hybridized carbons (Fsp3) is 0.214. The molecule has 0 bridgehead atoms. The molecule has 2 aromatic rings. The summed E-state index contributed by atoms with van der Waals surface area (Å²) in [4.78, 5) is 3.84. The van der Waals surface area contributed by atoms with Crippen LogP contribution in [-0.2, 0) is 12.0 Å². The van der Waals surface area contributed by atoms with Crippen molar-refractivity contribution in [2.24, 2.45) is 0 Å². The topological polar surface area (TPSA) is 33.1 Å². The Morgan fingerprint density at radius 3 is 2.47 bits per heavy atom. The minimum atomic E-state index is -1.42. The molecule has 0 fully saturated rings. The first-order chi connectivity index (χ1) is 8.88. The fourth-order valence-electron chi connectivity index (χ4n) is 1.89. The molecule has 1 N–H and O–H groups in total. The molecule has 0 aliphatic heterocycles. The molecule has 0 saturated carbocycles. The summed E-state index contributed by atoms with van der Waals surface area (Å²) in [6.07, 6.45) is 3.14. The van der Waals surface area contributed by atoms with Gasteiger partial charge in [-0.05, 0) is 36.2 Å². The summed E-state index contributed by atoms with van der Waals surface area (Å²) in [7, 11) is 0. The zero-order chi connectivity index (χ0) is 14.0. The monoisotopic (exact) mass is 283 g/mol. The lowest BCUT2D eigenvalue weighted by Gasteiger charge is -2.24. The fourth-order valence-corrected chi connectivity index (χ4v) is 2.07. The van der Waals surface area contributed by atoms with Crippen LogP contribution in [0.1, 0.15) is 18.1 Å². The largest absolute Gasteiger partial charge is 0.385 e. The van der Waals surface area contributed by atoms with Gasteiger partial charge in [-0.3, -0.25) is 4.98 Å². The predicted octanol–water partition coefficient (Wildman–Crippen LogP) is 3.46. The lowest BCUT2D eigenvalue weighted by atomic mass is 9.89. The van der Waals surface area contributed by atoms with Crippen molar-refractivity contribution in [3.8, 4) is 0 Å². The lowest BCUT2D eigenvalue weighted by molar-refractivity contribution is 0.0569. The first-order valence-corrected chi connectivity index (χ1v) is 6.03. The SMILES string of the molecule is CC(O)(Cc1ccncc1Cl)c1cc(F)cc(F)c1. The summed E-state index contributed by atoms with van der Waals surface area (Å²) < 4.78 is 26.4. The molecule has 19 heavy (non-hydrogen) atoms. The Labute approximate surface area is 114 Å². The van der Waals surface area contributed by atoms with Gasteiger partial charge in [-0.15, -0.1) is 0 Å². The summed E-state index contributed by atoms with van der Waals surface area (Å²) in [6, 6.07) is 4.64. The third kappa shape index (κ3) is 3.28. The predicted molar refractivity (Wildman–Crippen MR) is 68.9 cm³/mol. The quantitative estimate of drug-likeness (QED) is 0.936. The maximum Gasteiger partial charge on any atom is 0.126 e. The summed E-state index contributed by atoms with van der Waals surface area (Å²) >= 11 is 5.96. The second kappa shape index (κ2) is 5.23. The molecule has 0 aliphatic carbocycles. The van der Waals surface area contributed by atoms with E-state index in [2.05, 4.69) is 4.98 Å². The summed E-state index contributed by atoms with van der Waals surface area (Å²) in [5, 5.41) is 10.8. The zero-order valence-corrected chi connectivity index (χ0v) is 11.0. The van der Waals surface area contributed by atoms with Crippen molar-refractivity contribution in [2.45, 2.75) is 18.9 Å². The molecule has 100 valence electrons. The van der Waals surface area contributed by atoms with Gasteiger partial charge >= 0.3 is 0 Å². The Morgan fingerprint density at radius 2 is 1.89 bits per heavy atom. The second-order valence-electron chi connectivity index (χ2n) is 4.58. The van der Waals surface area contributed by atoms with E-state index in [4.69, 9.17) is 11.6 Å². The number of aliphatic hydroxyl groups is 1. The Hall–Kier alpha value is -1.52. The van der Waals surface area contributed by atoms with Crippen molar-refractivity contribution in [3.05, 3.63) is 64.4 Å². The molecule has 0 amide bonds. The number of nitrogens with zero attached hydrogens (tertiary/aromatic N) is 1. The molecular formula is C14H12ClF2NO. The number of rotatable bonds is 3. The molecule has 0 aliphatic rings. The zero-order valence-electron chi connectivity index (χ0n) is 10.2. The van der Waals surface area contributed by atoms with E-state index in [-0.39, 0.29) is 12.0 Å². The molecule has 1 atom stereocenters. The molecule has 2 rings (SSSR count). The molecule has 0 saturated heterocycles. The van der Waals surface area contributed by atoms with E-state index < -0.39 is 17.2 Å². The molecule has 2 nitrogen and oxygen atoms in total. The van der Waals surface area contributed by atoms with Crippen molar-refractivity contribution >= 4 is 11.6 Å². The Morgan fingerprint density at radius 1 is 1.26 bits per heavy atom. The van der Waals surface area contributed by atoms with E-state index in [1.54, 1.807) is 12.3 Å². The van der Waals surface area contributed by atoms with Crippen LogP contribution in [0.2, 0.25) is 5.02 Å². The van der Waals surface area contributed by atoms with Crippen molar-refractivity contribution in [1.29, 1.82) is 0 Å². The van der Waals surface area contributed by atoms with Crippen LogP contribution < -0.4 is 0 Å². The Bertz CT molecular complexity index is 581. The van der Waals surface area contributed by atoms with E-state index in [1.165, 1.54) is 13.1 Å². The summed E-state index contributed by atoms with van der Waals surface area (Å²) in [5.74, 6) is -1.45. The van der Waals surface area contributed by atoms with E-state index >= 15 is 0 Å². The molecule has 5 heteroatoms. The molecule has 1 unspecified atom stereocenters. The van der Waals surface area contributed by atoms with Crippen LogP contribution in [0.5, 0.6) is 0 Å². The summed E-state index contributed by atoms with van der Waals surface area (Å²) in [6.45, 7) is 1.48. The third-order valence-corrected chi connectivity index (χ3v) is 3.22. The number of pyridine rings is 1. The Balaban J connectivity index is 2.34. The normalized spacial score (nSPS) is 14.2. The van der Waals surface area contributed by atoms with Gasteiger partial charge in [-0.25, -0.2) is 8.78 Å². The van der Waals surface area contributed by atoms with Crippen LogP contribution in [0.3, 0.4) is 0 Å². The van der Waals surface area contributed by atoms with Crippen LogP contribution in [-0.4, -0.2) is 10.1 Å². The van der Waals surface area contributed by atoms with E-state index in [0.717, 1.165) is 18.2 Å². The average molecular weight is 284 g/mol. The van der Waals surface area contributed by atoms with Crippen molar-refractivity contribution in [3.63, 3.8) is 0 Å². The van der Waals surface area contributed by atoms with Gasteiger partial charge in [0.25, 0.3) is 0 Å². The number of hydrogen-bond acceptors (Lipinski definition) is 2. The molecule has 1 aromatic heterocycles. The van der Waals surface area contributed by atoms with Crippen LogP contribution in [0.4, 0.5) is 8.78 Å². The minimum Gasteiger partial charge on any atom is -0.385 e. The smallest absolute Gasteiger partial charge is 0.126 e. The van der Waals surface area contributed by atoms with Crippen LogP contribution in [0.25, 0.3) is 0 Å². The lowest BCUT2D eigenvalue weighted by Crippen LogP contribution is -2.25. The van der Waals surface area contributed by atoms with E-state index in [1.807, 2.05) is 0 Å². The first-order valence-electron chi connectivity index (χ1n) is 5.66. The Kier molecular flexibility index (Phi) is 3.83. The van der Waals surface area contributed by atoms with Gasteiger partial charge in [0.05, 0.1) is 10.6 Å². The van der Waals surface area contributed by atoms with Crippen molar-refractivity contribution in [1.82, 2.24) is 4.98 Å². The highest BCUT2D eigenvalue weighted by atomic mass is 35.5. The second-order valence-corrected chi connectivity index (χ2v) is 4.98. The van der Waals surface area contributed by atoms with Gasteiger partial charge in [-0.1, -0.05) is 11.6 Å². The minimum absolute atomic E-state index is 0.136. The van der Waals surface area contributed by atoms with Crippen LogP contribution >= 0.6 is 11.6 Å². The molecule has 1 aromatic carbocycles. The van der Waals surface area contributed by atoms with Gasteiger partial charge in [0.1, 0.15) is 11.6 Å². The van der Waals surface area contributed by atoms with Gasteiger partial charge in [0, 0.05) is 24.9 Å². The molecular weight excluding hydrogens is 272 g/mol. The molecule has 1 heterocycles. The third-order valence-electron chi connectivity index (χ3n) is 2.88. The van der Waals surface area contributed by atoms with Gasteiger partial charge < -0.3 is 5.11 Å². The number of benzene rings is 1. The number of aromatic nitrogens is 1. The highest BCUT2D eigenvalue weighted by molar-refractivity contribution is 6.31. The standard InChI is InChI=1S/C14H12ClF2NO/c1-14(19,7-9-2-3-18-8-13(9)15)10-4-11(16)6-12(17)5-10/h2-6,8,19H,7H2,1H3. The maximum atomic E-state index is 13.2. The van der Waals surface area contributed by atoms with E-state index in [0.29, 0.717) is 10.6 Å². The van der Waals surface area contributed by atoms with Gasteiger partial charge in [0.2, 0.25) is 0 Å². The average Bonchev–Trinajstić information content (AvgIpc) is 2.31. The summed E-state index contributed by atoms with van der Waals surface area (Å²) in [5.41, 5.74) is -0.599. The van der Waals surface area contributed by atoms with Crippen LogP contribution in [0, 0.1) is 11.6 Å². The number of halogens is 3. The highest BCUT2D eigenvalue weighted by Crippen LogP contribution is 2.29. The van der Waals surface area contributed by atoms with Crippen molar-refractivity contribution in [2.75, 3.05) is 0 Å². The maximum absolute atomic E-state index is 13.2. The number of hydrogen-bond donors (Lipinski definition) is 1. The molecule has 0 radical (unpaired) electrons. The van der Waals surface area contributed by atoms with Crippen molar-refractivity contribution < 1.29 is 13.9 Å². The first kappa shape index (κ1) is 13.9. The molecule has 0 spiro atoms. The van der Waals surface area contributed by atoms with Gasteiger partial charge in [0.15, 0.2) is 0 Å². The van der Waals surface area contributed by atoms with Crippen LogP contribution in [0.15, 0.2) is 36.7 Å². The highest BCUT2D eigenvalue weighted by Gasteiger charge is 2.26. The van der Waals surface area contributed by atoms with Gasteiger partial charge in [-0.2, -0.15) is 0 Å². The van der Waals surface area contributed by atoms with E-state index in [9.17, 15) is 13.9 Å².